The molecule has 0 aliphatic carbocycles. The van der Waals surface area contributed by atoms with Gasteiger partial charge in [0.25, 0.3) is 5.91 Å². The van der Waals surface area contributed by atoms with E-state index >= 15 is 0 Å². The first kappa shape index (κ1) is 11.2. The summed E-state index contributed by atoms with van der Waals surface area (Å²) in [7, 11) is 0. The van der Waals surface area contributed by atoms with Crippen LogP contribution in [0.2, 0.25) is 0 Å². The molecule has 1 atom stereocenters. The summed E-state index contributed by atoms with van der Waals surface area (Å²) >= 11 is 1.46. The van der Waals surface area contributed by atoms with Gasteiger partial charge in [0, 0.05) is 25.0 Å². The Hall–Kier alpha value is -0.940. The lowest BCUT2D eigenvalue weighted by atomic mass is 9.87. The molecule has 2 saturated heterocycles. The first-order chi connectivity index (χ1) is 8.20. The van der Waals surface area contributed by atoms with E-state index in [1.165, 1.54) is 17.8 Å². The molecule has 1 spiro atoms. The van der Waals surface area contributed by atoms with Gasteiger partial charge in [-0.3, -0.25) is 4.79 Å². The molecule has 1 amide bonds. The topological polar surface area (TPSA) is 45.2 Å². The number of hydrogen-bond donors (Lipinski definition) is 1. The molecule has 0 aromatic carbocycles. The van der Waals surface area contributed by atoms with Crippen LogP contribution in [0.15, 0.2) is 5.51 Å². The zero-order valence-corrected chi connectivity index (χ0v) is 10.8. The Kier molecular flexibility index (Phi) is 2.67. The van der Waals surface area contributed by atoms with Crippen LogP contribution in [-0.4, -0.2) is 42.0 Å². The molecule has 2 aliphatic rings. The molecule has 5 heteroatoms. The number of nitrogens with one attached hydrogen (secondary N) is 1. The zero-order chi connectivity index (χ0) is 11.9. The molecule has 2 fully saturated rings. The minimum Gasteiger partial charge on any atom is -0.337 e. The van der Waals surface area contributed by atoms with Crippen LogP contribution in [0.3, 0.4) is 0 Å². The quantitative estimate of drug-likeness (QED) is 0.817. The van der Waals surface area contributed by atoms with Crippen molar-refractivity contribution < 1.29 is 4.79 Å². The summed E-state index contributed by atoms with van der Waals surface area (Å²) in [4.78, 5) is 19.3. The summed E-state index contributed by atoms with van der Waals surface area (Å²) in [6.45, 7) is 5.89. The Morgan fingerprint density at radius 3 is 3.12 bits per heavy atom. The van der Waals surface area contributed by atoms with Gasteiger partial charge in [0.05, 0.1) is 11.2 Å². The average molecular weight is 251 g/mol. The number of carbonyl (C=O) groups is 1. The fourth-order valence-corrected chi connectivity index (χ4v) is 3.67. The minimum atomic E-state index is 0.175. The Bertz CT molecular complexity index is 437. The molecule has 92 valence electrons. The molecule has 2 aliphatic heterocycles. The molecule has 1 aromatic heterocycles. The number of rotatable bonds is 1. The predicted molar refractivity (Wildman–Crippen MR) is 67.3 cm³/mol. The number of aryl methyl sites for hydroxylation is 1. The van der Waals surface area contributed by atoms with Gasteiger partial charge in [-0.15, -0.1) is 11.3 Å². The highest BCUT2D eigenvalue weighted by atomic mass is 32.1. The van der Waals surface area contributed by atoms with E-state index in [0.29, 0.717) is 5.41 Å². The highest BCUT2D eigenvalue weighted by Gasteiger charge is 2.42. The van der Waals surface area contributed by atoms with Crippen molar-refractivity contribution in [3.8, 4) is 0 Å². The second-order valence-corrected chi connectivity index (χ2v) is 6.03. The maximum Gasteiger partial charge on any atom is 0.265 e. The van der Waals surface area contributed by atoms with Crippen LogP contribution < -0.4 is 5.32 Å². The largest absolute Gasteiger partial charge is 0.337 e. The molecule has 1 aromatic rings. The summed E-state index contributed by atoms with van der Waals surface area (Å²) in [6, 6.07) is 0. The van der Waals surface area contributed by atoms with E-state index in [1.807, 2.05) is 11.8 Å². The third kappa shape index (κ3) is 1.87. The summed E-state index contributed by atoms with van der Waals surface area (Å²) in [5, 5.41) is 3.41. The highest BCUT2D eigenvalue weighted by Crippen LogP contribution is 2.36. The molecule has 0 bridgehead atoms. The van der Waals surface area contributed by atoms with Crippen LogP contribution in [0.4, 0.5) is 0 Å². The SMILES string of the molecule is Cc1ncsc1C(=O)N1CCC2(CCNC2)C1. The third-order valence-electron chi connectivity index (χ3n) is 4.00. The summed E-state index contributed by atoms with van der Waals surface area (Å²) in [5.74, 6) is 0.175. The van der Waals surface area contributed by atoms with Gasteiger partial charge in [0.2, 0.25) is 0 Å². The van der Waals surface area contributed by atoms with Gasteiger partial charge in [-0.05, 0) is 26.3 Å². The van der Waals surface area contributed by atoms with E-state index in [4.69, 9.17) is 0 Å². The Balaban J connectivity index is 1.75. The van der Waals surface area contributed by atoms with E-state index in [2.05, 4.69) is 10.3 Å². The molecule has 4 nitrogen and oxygen atoms in total. The average Bonchev–Trinajstić information content (AvgIpc) is 3.02. The van der Waals surface area contributed by atoms with Crippen molar-refractivity contribution in [1.82, 2.24) is 15.2 Å². The van der Waals surface area contributed by atoms with Crippen molar-refractivity contribution in [2.45, 2.75) is 19.8 Å². The fraction of sp³-hybridized carbons (Fsp3) is 0.667. The molecular weight excluding hydrogens is 234 g/mol. The first-order valence-electron chi connectivity index (χ1n) is 6.10. The van der Waals surface area contributed by atoms with Crippen LogP contribution in [0.1, 0.15) is 28.2 Å². The molecule has 1 N–H and O–H groups in total. The van der Waals surface area contributed by atoms with Gasteiger partial charge in [-0.1, -0.05) is 0 Å². The minimum absolute atomic E-state index is 0.175. The summed E-state index contributed by atoms with van der Waals surface area (Å²) in [6.07, 6.45) is 2.35. The summed E-state index contributed by atoms with van der Waals surface area (Å²) < 4.78 is 0. The number of hydrogen-bond acceptors (Lipinski definition) is 4. The Morgan fingerprint density at radius 2 is 2.47 bits per heavy atom. The van der Waals surface area contributed by atoms with Crippen molar-refractivity contribution in [2.24, 2.45) is 5.41 Å². The number of nitrogens with zero attached hydrogens (tertiary/aromatic N) is 2. The lowest BCUT2D eigenvalue weighted by molar-refractivity contribution is 0.0779. The van der Waals surface area contributed by atoms with Crippen molar-refractivity contribution in [1.29, 1.82) is 0 Å². The van der Waals surface area contributed by atoms with Gasteiger partial charge in [-0.2, -0.15) is 0 Å². The van der Waals surface area contributed by atoms with Crippen LogP contribution in [0.5, 0.6) is 0 Å². The van der Waals surface area contributed by atoms with E-state index in [9.17, 15) is 4.79 Å². The number of likely N-dealkylation sites (tertiary alicyclic amines) is 1. The van der Waals surface area contributed by atoms with Crippen molar-refractivity contribution >= 4 is 17.2 Å². The molecule has 3 heterocycles. The van der Waals surface area contributed by atoms with Gasteiger partial charge >= 0.3 is 0 Å². The highest BCUT2D eigenvalue weighted by molar-refractivity contribution is 7.11. The number of thiazole rings is 1. The van der Waals surface area contributed by atoms with E-state index in [0.717, 1.165) is 43.2 Å². The summed E-state index contributed by atoms with van der Waals surface area (Å²) in [5.41, 5.74) is 2.98. The predicted octanol–water partition coefficient (Wildman–Crippen LogP) is 1.28. The van der Waals surface area contributed by atoms with Crippen LogP contribution in [0.25, 0.3) is 0 Å². The fourth-order valence-electron chi connectivity index (χ4n) is 2.90. The maximum atomic E-state index is 12.3. The molecule has 0 radical (unpaired) electrons. The molecule has 0 saturated carbocycles. The van der Waals surface area contributed by atoms with Crippen LogP contribution in [0, 0.1) is 12.3 Å². The van der Waals surface area contributed by atoms with Gasteiger partial charge in [0.1, 0.15) is 4.88 Å². The van der Waals surface area contributed by atoms with E-state index < -0.39 is 0 Å². The van der Waals surface area contributed by atoms with E-state index in [1.54, 1.807) is 5.51 Å². The second-order valence-electron chi connectivity index (χ2n) is 5.17. The standard InChI is InChI=1S/C12H17N3OS/c1-9-10(17-8-14-9)11(16)15-5-3-12(7-15)2-4-13-6-12/h8,13H,2-7H2,1H3. The van der Waals surface area contributed by atoms with Crippen LogP contribution >= 0.6 is 11.3 Å². The lowest BCUT2D eigenvalue weighted by Crippen LogP contribution is -2.33. The molecule has 3 rings (SSSR count). The van der Waals surface area contributed by atoms with Gasteiger partial charge in [-0.25, -0.2) is 4.98 Å². The van der Waals surface area contributed by atoms with Crippen molar-refractivity contribution in [3.05, 3.63) is 16.1 Å². The smallest absolute Gasteiger partial charge is 0.265 e. The molecule has 1 unspecified atom stereocenters. The monoisotopic (exact) mass is 251 g/mol. The third-order valence-corrected chi connectivity index (χ3v) is 4.91. The normalized spacial score (nSPS) is 28.2. The first-order valence-corrected chi connectivity index (χ1v) is 6.98. The Labute approximate surface area is 105 Å². The Morgan fingerprint density at radius 1 is 1.59 bits per heavy atom. The maximum absolute atomic E-state index is 12.3. The molecular formula is C12H17N3OS. The lowest BCUT2D eigenvalue weighted by Gasteiger charge is -2.22. The van der Waals surface area contributed by atoms with Gasteiger partial charge in [0.15, 0.2) is 0 Å². The number of aromatic nitrogens is 1. The van der Waals surface area contributed by atoms with Gasteiger partial charge < -0.3 is 10.2 Å². The second kappa shape index (κ2) is 4.07. The van der Waals surface area contributed by atoms with Crippen molar-refractivity contribution in [3.63, 3.8) is 0 Å². The van der Waals surface area contributed by atoms with Crippen molar-refractivity contribution in [2.75, 3.05) is 26.2 Å². The molecule has 17 heavy (non-hydrogen) atoms. The van der Waals surface area contributed by atoms with Crippen LogP contribution in [-0.2, 0) is 0 Å². The number of amides is 1. The van der Waals surface area contributed by atoms with E-state index in [-0.39, 0.29) is 5.91 Å². The zero-order valence-electron chi connectivity index (χ0n) is 10.0. The number of carbonyl (C=O) groups excluding carboxylic acids is 1.